The summed E-state index contributed by atoms with van der Waals surface area (Å²) in [6.07, 6.45) is 2.91. The third-order valence-electron chi connectivity index (χ3n) is 2.83. The van der Waals surface area contributed by atoms with Gasteiger partial charge in [0.15, 0.2) is 9.84 Å². The van der Waals surface area contributed by atoms with Gasteiger partial charge in [-0.05, 0) is 30.7 Å². The number of halogens is 1. The quantitative estimate of drug-likeness (QED) is 0.854. The number of benzene rings is 1. The van der Waals surface area contributed by atoms with Crippen LogP contribution in [0.5, 0.6) is 5.75 Å². The molecule has 1 aromatic heterocycles. The van der Waals surface area contributed by atoms with E-state index in [1.165, 1.54) is 24.5 Å². The van der Waals surface area contributed by atoms with E-state index < -0.39 is 9.84 Å². The van der Waals surface area contributed by atoms with E-state index in [0.29, 0.717) is 22.9 Å². The normalized spacial score (nSPS) is 11.3. The highest BCUT2D eigenvalue weighted by molar-refractivity contribution is 7.90. The van der Waals surface area contributed by atoms with E-state index in [4.69, 9.17) is 22.1 Å². The van der Waals surface area contributed by atoms with Crippen LogP contribution >= 0.6 is 11.6 Å². The molecule has 0 fully saturated rings. The number of anilines is 1. The van der Waals surface area contributed by atoms with Crippen LogP contribution in [0.4, 0.5) is 5.69 Å². The van der Waals surface area contributed by atoms with Gasteiger partial charge in [0.05, 0.1) is 28.0 Å². The van der Waals surface area contributed by atoms with Gasteiger partial charge in [-0.1, -0.05) is 11.6 Å². The summed E-state index contributed by atoms with van der Waals surface area (Å²) in [5.41, 5.74) is 6.45. The molecule has 2 rings (SSSR count). The molecule has 0 aliphatic heterocycles. The van der Waals surface area contributed by atoms with Gasteiger partial charge in [0, 0.05) is 18.5 Å². The average molecular weight is 327 g/mol. The number of hydrogen-bond donors (Lipinski definition) is 1. The lowest BCUT2D eigenvalue weighted by Gasteiger charge is -2.11. The van der Waals surface area contributed by atoms with Gasteiger partial charge in [0.1, 0.15) is 5.75 Å². The summed E-state index contributed by atoms with van der Waals surface area (Å²) in [7, 11) is -3.62. The van der Waals surface area contributed by atoms with Crippen molar-refractivity contribution in [2.75, 3.05) is 12.3 Å². The van der Waals surface area contributed by atoms with Crippen molar-refractivity contribution < 1.29 is 13.2 Å². The molecule has 2 aromatic rings. The Bertz CT molecular complexity index is 748. The predicted molar refractivity (Wildman–Crippen MR) is 82.2 cm³/mol. The average Bonchev–Trinajstić information content (AvgIpc) is 2.43. The third kappa shape index (κ3) is 3.65. The van der Waals surface area contributed by atoms with E-state index in [2.05, 4.69) is 4.98 Å². The van der Waals surface area contributed by atoms with Gasteiger partial charge in [-0.3, -0.25) is 4.98 Å². The molecule has 0 amide bonds. The third-order valence-corrected chi connectivity index (χ3v) is 4.89. The van der Waals surface area contributed by atoms with Crippen LogP contribution in [-0.4, -0.2) is 20.0 Å². The zero-order valence-electron chi connectivity index (χ0n) is 11.4. The molecule has 0 radical (unpaired) electrons. The van der Waals surface area contributed by atoms with E-state index in [-0.39, 0.29) is 16.3 Å². The molecule has 1 heterocycles. The fourth-order valence-corrected chi connectivity index (χ4v) is 3.65. The molecular formula is C14H15ClN2O3S. The van der Waals surface area contributed by atoms with Gasteiger partial charge in [0.2, 0.25) is 0 Å². The largest absolute Gasteiger partial charge is 0.494 e. The molecule has 0 unspecified atom stereocenters. The Morgan fingerprint density at radius 3 is 2.76 bits per heavy atom. The summed E-state index contributed by atoms with van der Waals surface area (Å²) in [5, 5.41) is 0.306. The Hall–Kier alpha value is -1.79. The van der Waals surface area contributed by atoms with Crippen molar-refractivity contribution in [1.29, 1.82) is 0 Å². The van der Waals surface area contributed by atoms with Crippen LogP contribution in [0.3, 0.4) is 0 Å². The summed E-state index contributed by atoms with van der Waals surface area (Å²) in [6, 6.07) is 6.16. The number of hydrogen-bond acceptors (Lipinski definition) is 5. The maximum Gasteiger partial charge on any atom is 0.184 e. The molecular weight excluding hydrogens is 312 g/mol. The first-order valence-electron chi connectivity index (χ1n) is 6.27. The smallest absolute Gasteiger partial charge is 0.184 e. The monoisotopic (exact) mass is 326 g/mol. The lowest BCUT2D eigenvalue weighted by atomic mass is 10.3. The molecule has 0 aliphatic rings. The van der Waals surface area contributed by atoms with Crippen LogP contribution in [0, 0.1) is 0 Å². The maximum absolute atomic E-state index is 12.5. The minimum atomic E-state index is -3.62. The Morgan fingerprint density at radius 2 is 2.10 bits per heavy atom. The minimum absolute atomic E-state index is 0.0429. The molecule has 0 atom stereocenters. The van der Waals surface area contributed by atoms with Crippen LogP contribution < -0.4 is 10.5 Å². The van der Waals surface area contributed by atoms with Crippen molar-refractivity contribution in [3.63, 3.8) is 0 Å². The summed E-state index contributed by atoms with van der Waals surface area (Å²) in [5.74, 6) is 0.222. The number of ether oxygens (including phenoxy) is 1. The van der Waals surface area contributed by atoms with Crippen molar-refractivity contribution in [2.45, 2.75) is 17.6 Å². The number of pyridine rings is 1. The zero-order valence-corrected chi connectivity index (χ0v) is 13.0. The molecule has 7 heteroatoms. The molecule has 0 spiro atoms. The number of rotatable bonds is 5. The molecule has 5 nitrogen and oxygen atoms in total. The van der Waals surface area contributed by atoms with E-state index >= 15 is 0 Å². The first-order chi connectivity index (χ1) is 9.94. The van der Waals surface area contributed by atoms with Gasteiger partial charge < -0.3 is 10.5 Å². The van der Waals surface area contributed by atoms with Gasteiger partial charge in [0.25, 0.3) is 0 Å². The van der Waals surface area contributed by atoms with Crippen molar-refractivity contribution in [3.8, 4) is 5.75 Å². The summed E-state index contributed by atoms with van der Waals surface area (Å²) >= 11 is 5.96. The number of aromatic nitrogens is 1. The first kappa shape index (κ1) is 15.6. The summed E-state index contributed by atoms with van der Waals surface area (Å²) in [6.45, 7) is 2.26. The Labute approximate surface area is 128 Å². The van der Waals surface area contributed by atoms with Crippen molar-refractivity contribution >= 4 is 27.1 Å². The minimum Gasteiger partial charge on any atom is -0.494 e. The molecule has 1 aromatic carbocycles. The van der Waals surface area contributed by atoms with Crippen LogP contribution in [0.15, 0.2) is 41.6 Å². The molecule has 0 saturated carbocycles. The predicted octanol–water partition coefficient (Wildman–Crippen LogP) is 2.69. The highest BCUT2D eigenvalue weighted by Crippen LogP contribution is 2.28. The molecule has 0 bridgehead atoms. The van der Waals surface area contributed by atoms with E-state index in [1.807, 2.05) is 6.92 Å². The fourth-order valence-electron chi connectivity index (χ4n) is 1.84. The van der Waals surface area contributed by atoms with Crippen LogP contribution in [0.2, 0.25) is 5.02 Å². The van der Waals surface area contributed by atoms with Crippen molar-refractivity contribution in [1.82, 2.24) is 4.98 Å². The fraction of sp³-hybridized carbons (Fsp3) is 0.214. The number of nitrogens with zero attached hydrogens (tertiary/aromatic N) is 1. The van der Waals surface area contributed by atoms with Gasteiger partial charge >= 0.3 is 0 Å². The van der Waals surface area contributed by atoms with Crippen molar-refractivity contribution in [3.05, 3.63) is 47.2 Å². The number of sulfone groups is 1. The van der Waals surface area contributed by atoms with E-state index in [0.717, 1.165) is 0 Å². The van der Waals surface area contributed by atoms with Crippen LogP contribution in [0.25, 0.3) is 0 Å². The number of nitrogens with two attached hydrogens (primary N) is 1. The van der Waals surface area contributed by atoms with E-state index in [1.54, 1.807) is 12.1 Å². The molecule has 2 N–H and O–H groups in total. The summed E-state index contributed by atoms with van der Waals surface area (Å²) in [4.78, 5) is 3.88. The highest BCUT2D eigenvalue weighted by Gasteiger charge is 2.20. The highest BCUT2D eigenvalue weighted by atomic mass is 35.5. The molecule has 112 valence electrons. The van der Waals surface area contributed by atoms with Crippen LogP contribution in [-0.2, 0) is 15.6 Å². The lowest BCUT2D eigenvalue weighted by molar-refractivity contribution is 0.339. The van der Waals surface area contributed by atoms with Gasteiger partial charge in [-0.15, -0.1) is 0 Å². The zero-order chi connectivity index (χ0) is 15.5. The Balaban J connectivity index is 2.40. The van der Waals surface area contributed by atoms with Gasteiger partial charge in [-0.2, -0.15) is 0 Å². The second-order valence-corrected chi connectivity index (χ2v) is 6.72. The SMILES string of the molecule is CCOc1ccc(N)c(S(=O)(=O)Cc2ccncc2Cl)c1. The van der Waals surface area contributed by atoms with Crippen molar-refractivity contribution in [2.24, 2.45) is 0 Å². The summed E-state index contributed by atoms with van der Waals surface area (Å²) < 4.78 is 30.3. The topological polar surface area (TPSA) is 82.3 Å². The first-order valence-corrected chi connectivity index (χ1v) is 8.30. The lowest BCUT2D eigenvalue weighted by Crippen LogP contribution is -2.09. The number of nitrogen functional groups attached to an aromatic ring is 1. The second kappa shape index (κ2) is 6.32. The Morgan fingerprint density at radius 1 is 1.33 bits per heavy atom. The standard InChI is InChI=1S/C14H15ClN2O3S/c1-2-20-11-3-4-13(16)14(7-11)21(18,19)9-10-5-6-17-8-12(10)15/h3-8H,2,9,16H2,1H3. The molecule has 21 heavy (non-hydrogen) atoms. The van der Waals surface area contributed by atoms with Crippen LogP contribution in [0.1, 0.15) is 12.5 Å². The molecule has 0 aliphatic carbocycles. The Kier molecular flexibility index (Phi) is 4.69. The molecule has 0 saturated heterocycles. The second-order valence-electron chi connectivity index (χ2n) is 4.36. The maximum atomic E-state index is 12.5. The van der Waals surface area contributed by atoms with Gasteiger partial charge in [-0.25, -0.2) is 8.42 Å². The van der Waals surface area contributed by atoms with E-state index in [9.17, 15) is 8.42 Å².